The van der Waals surface area contributed by atoms with Crippen LogP contribution in [-0.2, 0) is 11.0 Å². The largest absolute Gasteiger partial charge is 0.433 e. The summed E-state index contributed by atoms with van der Waals surface area (Å²) in [6, 6.07) is 2.64. The number of carbonyl (C=O) groups excluding carboxylic acids is 1. The van der Waals surface area contributed by atoms with Crippen LogP contribution in [0.1, 0.15) is 48.7 Å². The molecule has 2 fully saturated rings. The van der Waals surface area contributed by atoms with Crippen molar-refractivity contribution in [2.45, 2.75) is 44.7 Å². The monoisotopic (exact) mass is 352 g/mol. The van der Waals surface area contributed by atoms with E-state index in [9.17, 15) is 18.0 Å². The zero-order chi connectivity index (χ0) is 17.8. The number of amides is 1. The zero-order valence-electron chi connectivity index (χ0n) is 13.9. The predicted molar refractivity (Wildman–Crippen MR) is 84.0 cm³/mol. The number of carbonyl (C=O) groups is 1. The van der Waals surface area contributed by atoms with Gasteiger partial charge < -0.3 is 4.90 Å². The molecular formula is C17H19F3N4O. The normalized spacial score (nSPS) is 21.8. The SMILES string of the molecule is Cc1cc2nc([C@H]3CCCN(C(=O)C4CC4)C3)cc(C(F)(F)F)n2n1. The molecule has 0 radical (unpaired) electrons. The van der Waals surface area contributed by atoms with Gasteiger partial charge in [0.1, 0.15) is 5.69 Å². The van der Waals surface area contributed by atoms with E-state index in [0.29, 0.717) is 24.5 Å². The standard InChI is InChI=1S/C17H19F3N4O/c1-10-7-15-21-13(8-14(17(18,19)20)24(15)22-10)12-3-2-6-23(9-12)16(25)11-4-5-11/h7-8,11-12H,2-6,9H2,1H3/t12-/m0/s1. The molecule has 25 heavy (non-hydrogen) atoms. The smallest absolute Gasteiger partial charge is 0.342 e. The maximum Gasteiger partial charge on any atom is 0.433 e. The lowest BCUT2D eigenvalue weighted by atomic mass is 9.93. The lowest BCUT2D eigenvalue weighted by molar-refractivity contribution is -0.143. The number of piperidine rings is 1. The molecule has 0 bridgehead atoms. The fourth-order valence-corrected chi connectivity index (χ4v) is 3.53. The number of halogens is 3. The van der Waals surface area contributed by atoms with Crippen LogP contribution in [-0.4, -0.2) is 38.5 Å². The van der Waals surface area contributed by atoms with Gasteiger partial charge in [0.05, 0.1) is 5.69 Å². The van der Waals surface area contributed by atoms with Gasteiger partial charge in [-0.1, -0.05) is 0 Å². The highest BCUT2D eigenvalue weighted by Crippen LogP contribution is 2.36. The zero-order valence-corrected chi connectivity index (χ0v) is 13.9. The van der Waals surface area contributed by atoms with E-state index in [-0.39, 0.29) is 23.4 Å². The summed E-state index contributed by atoms with van der Waals surface area (Å²) < 4.78 is 41.2. The molecule has 4 rings (SSSR count). The van der Waals surface area contributed by atoms with Crippen LogP contribution in [0.15, 0.2) is 12.1 Å². The summed E-state index contributed by atoms with van der Waals surface area (Å²) in [6.07, 6.45) is -1.13. The number of nitrogens with zero attached hydrogens (tertiary/aromatic N) is 4. The Morgan fingerprint density at radius 2 is 2.00 bits per heavy atom. The molecule has 2 aromatic rings. The van der Waals surface area contributed by atoms with Gasteiger partial charge in [-0.2, -0.15) is 18.3 Å². The van der Waals surface area contributed by atoms with E-state index in [2.05, 4.69) is 10.1 Å². The van der Waals surface area contributed by atoms with Crippen molar-refractivity contribution in [3.63, 3.8) is 0 Å². The summed E-state index contributed by atoms with van der Waals surface area (Å²) in [7, 11) is 0. The van der Waals surface area contributed by atoms with E-state index < -0.39 is 11.9 Å². The van der Waals surface area contributed by atoms with Crippen LogP contribution in [0.25, 0.3) is 5.65 Å². The first-order valence-corrected chi connectivity index (χ1v) is 8.56. The molecule has 1 aliphatic carbocycles. The molecule has 1 amide bonds. The van der Waals surface area contributed by atoms with Gasteiger partial charge in [0.25, 0.3) is 0 Å². The highest BCUT2D eigenvalue weighted by Gasteiger charge is 2.38. The fourth-order valence-electron chi connectivity index (χ4n) is 3.53. The van der Waals surface area contributed by atoms with Crippen LogP contribution >= 0.6 is 0 Å². The quantitative estimate of drug-likeness (QED) is 0.834. The molecule has 134 valence electrons. The summed E-state index contributed by atoms with van der Waals surface area (Å²) in [5.74, 6) is 0.0946. The van der Waals surface area contributed by atoms with Gasteiger partial charge in [-0.05, 0) is 38.7 Å². The van der Waals surface area contributed by atoms with Crippen molar-refractivity contribution in [3.8, 4) is 0 Å². The highest BCUT2D eigenvalue weighted by atomic mass is 19.4. The molecule has 2 aliphatic rings. The molecule has 0 aromatic carbocycles. The summed E-state index contributed by atoms with van der Waals surface area (Å²) in [5, 5.41) is 3.91. The number of likely N-dealkylation sites (tertiary alicyclic amines) is 1. The van der Waals surface area contributed by atoms with E-state index in [1.54, 1.807) is 17.9 Å². The van der Waals surface area contributed by atoms with Gasteiger partial charge in [-0.25, -0.2) is 9.50 Å². The lowest BCUT2D eigenvalue weighted by Crippen LogP contribution is -2.40. The van der Waals surface area contributed by atoms with Crippen LogP contribution < -0.4 is 0 Å². The molecule has 8 heteroatoms. The average molecular weight is 352 g/mol. The second-order valence-corrected chi connectivity index (χ2v) is 7.02. The number of alkyl halides is 3. The molecule has 1 atom stereocenters. The van der Waals surface area contributed by atoms with Crippen molar-refractivity contribution in [1.29, 1.82) is 0 Å². The van der Waals surface area contributed by atoms with Crippen molar-refractivity contribution in [2.24, 2.45) is 5.92 Å². The summed E-state index contributed by atoms with van der Waals surface area (Å²) in [5.41, 5.74) is 0.275. The minimum Gasteiger partial charge on any atom is -0.342 e. The average Bonchev–Trinajstić information content (AvgIpc) is 3.33. The Hall–Kier alpha value is -2.12. The van der Waals surface area contributed by atoms with Crippen LogP contribution in [0.3, 0.4) is 0 Å². The number of fused-ring (bicyclic) bond motifs is 1. The third-order valence-corrected chi connectivity index (χ3v) is 4.94. The van der Waals surface area contributed by atoms with Gasteiger partial charge >= 0.3 is 6.18 Å². The Labute approximate surface area is 142 Å². The second kappa shape index (κ2) is 5.71. The second-order valence-electron chi connectivity index (χ2n) is 7.02. The molecule has 1 saturated heterocycles. The van der Waals surface area contributed by atoms with E-state index in [0.717, 1.165) is 36.3 Å². The van der Waals surface area contributed by atoms with Crippen LogP contribution in [0, 0.1) is 12.8 Å². The van der Waals surface area contributed by atoms with Crippen LogP contribution in [0.5, 0.6) is 0 Å². The number of hydrogen-bond acceptors (Lipinski definition) is 3. The maximum atomic E-state index is 13.4. The predicted octanol–water partition coefficient (Wildman–Crippen LogP) is 3.17. The van der Waals surface area contributed by atoms with Crippen molar-refractivity contribution >= 4 is 11.6 Å². The minimum atomic E-state index is -4.51. The molecule has 0 spiro atoms. The Balaban J connectivity index is 1.69. The van der Waals surface area contributed by atoms with Crippen LogP contribution in [0.4, 0.5) is 13.2 Å². The van der Waals surface area contributed by atoms with Gasteiger partial charge in [0.15, 0.2) is 5.65 Å². The summed E-state index contributed by atoms with van der Waals surface area (Å²) in [4.78, 5) is 18.5. The van der Waals surface area contributed by atoms with Crippen molar-refractivity contribution in [2.75, 3.05) is 13.1 Å². The van der Waals surface area contributed by atoms with Gasteiger partial charge in [0, 0.05) is 36.7 Å². The molecular weight excluding hydrogens is 333 g/mol. The number of rotatable bonds is 2. The van der Waals surface area contributed by atoms with Gasteiger partial charge in [0.2, 0.25) is 5.91 Å². The van der Waals surface area contributed by atoms with Crippen LogP contribution in [0.2, 0.25) is 0 Å². The number of aryl methyl sites for hydroxylation is 1. The lowest BCUT2D eigenvalue weighted by Gasteiger charge is -2.33. The molecule has 5 nitrogen and oxygen atoms in total. The fraction of sp³-hybridized carbons (Fsp3) is 0.588. The van der Waals surface area contributed by atoms with Gasteiger partial charge in [-0.15, -0.1) is 0 Å². The first-order valence-electron chi connectivity index (χ1n) is 8.56. The van der Waals surface area contributed by atoms with E-state index in [4.69, 9.17) is 0 Å². The van der Waals surface area contributed by atoms with E-state index >= 15 is 0 Å². The Morgan fingerprint density at radius 1 is 1.24 bits per heavy atom. The highest BCUT2D eigenvalue weighted by molar-refractivity contribution is 5.81. The first-order chi connectivity index (χ1) is 11.8. The third-order valence-electron chi connectivity index (χ3n) is 4.94. The molecule has 0 N–H and O–H groups in total. The maximum absolute atomic E-state index is 13.4. The molecule has 3 heterocycles. The Bertz CT molecular complexity index is 825. The Morgan fingerprint density at radius 3 is 2.68 bits per heavy atom. The molecule has 1 saturated carbocycles. The molecule has 1 aliphatic heterocycles. The first kappa shape index (κ1) is 16.4. The van der Waals surface area contributed by atoms with Gasteiger partial charge in [-0.3, -0.25) is 4.79 Å². The molecule has 2 aromatic heterocycles. The summed E-state index contributed by atoms with van der Waals surface area (Å²) in [6.45, 7) is 2.78. The molecule has 0 unspecified atom stereocenters. The number of hydrogen-bond donors (Lipinski definition) is 0. The topological polar surface area (TPSA) is 50.5 Å². The van der Waals surface area contributed by atoms with Crippen molar-refractivity contribution in [1.82, 2.24) is 19.5 Å². The third kappa shape index (κ3) is 3.09. The van der Waals surface area contributed by atoms with Crippen molar-refractivity contribution in [3.05, 3.63) is 29.2 Å². The Kier molecular flexibility index (Phi) is 3.73. The van der Waals surface area contributed by atoms with Crippen molar-refractivity contribution < 1.29 is 18.0 Å². The minimum absolute atomic E-state index is 0.123. The number of aromatic nitrogens is 3. The summed E-state index contributed by atoms with van der Waals surface area (Å²) >= 11 is 0. The van der Waals surface area contributed by atoms with E-state index in [1.165, 1.54) is 0 Å². The van der Waals surface area contributed by atoms with E-state index in [1.807, 2.05) is 0 Å².